The molecule has 0 amide bonds. The van der Waals surface area contributed by atoms with E-state index < -0.39 is 0 Å². The number of esters is 1. The van der Waals surface area contributed by atoms with Crippen molar-refractivity contribution in [2.24, 2.45) is 0 Å². The zero-order valence-electron chi connectivity index (χ0n) is 16.0. The Morgan fingerprint density at radius 2 is 2.27 bits per heavy atom. The molecule has 1 aromatic heterocycles. The minimum absolute atomic E-state index is 0.163. The molecule has 1 aliphatic heterocycles. The molecule has 26 heavy (non-hydrogen) atoms. The number of anilines is 1. The van der Waals surface area contributed by atoms with E-state index in [1.807, 2.05) is 6.07 Å². The number of aromatic amines is 1. The van der Waals surface area contributed by atoms with Gasteiger partial charge in [0.05, 0.1) is 30.4 Å². The average molecular weight is 360 g/mol. The number of imidazole rings is 1. The highest BCUT2D eigenvalue weighted by Crippen LogP contribution is 2.25. The maximum atomic E-state index is 11.7. The Morgan fingerprint density at radius 1 is 1.46 bits per heavy atom. The maximum Gasteiger partial charge on any atom is 0.313 e. The number of carbonyl (C=O) groups is 1. The highest BCUT2D eigenvalue weighted by Gasteiger charge is 2.27. The first kappa shape index (κ1) is 18.7. The molecule has 2 atom stereocenters. The van der Waals surface area contributed by atoms with Gasteiger partial charge in [0.25, 0.3) is 0 Å². The lowest BCUT2D eigenvalue weighted by Gasteiger charge is -2.40. The summed E-state index contributed by atoms with van der Waals surface area (Å²) in [6.45, 7) is 6.83. The lowest BCUT2D eigenvalue weighted by atomic mass is 10.1. The van der Waals surface area contributed by atoms with E-state index in [-0.39, 0.29) is 18.5 Å². The van der Waals surface area contributed by atoms with Gasteiger partial charge in [0.1, 0.15) is 12.2 Å². The molecular formula is C19H28N4O3. The first-order valence-corrected chi connectivity index (χ1v) is 9.13. The van der Waals surface area contributed by atoms with E-state index in [2.05, 4.69) is 52.9 Å². The van der Waals surface area contributed by atoms with E-state index in [1.165, 1.54) is 0 Å². The molecule has 0 aliphatic carbocycles. The topological polar surface area (TPSA) is 70.7 Å². The fourth-order valence-corrected chi connectivity index (χ4v) is 3.36. The van der Waals surface area contributed by atoms with Gasteiger partial charge in [0.15, 0.2) is 0 Å². The third-order valence-electron chi connectivity index (χ3n) is 4.54. The van der Waals surface area contributed by atoms with E-state index in [1.54, 1.807) is 6.92 Å². The van der Waals surface area contributed by atoms with Crippen molar-refractivity contribution in [3.8, 4) is 0 Å². The van der Waals surface area contributed by atoms with Crippen LogP contribution in [0.5, 0.6) is 0 Å². The molecule has 142 valence electrons. The smallest absolute Gasteiger partial charge is 0.313 e. The van der Waals surface area contributed by atoms with E-state index in [0.717, 1.165) is 29.8 Å². The summed E-state index contributed by atoms with van der Waals surface area (Å²) in [7, 11) is 4.13. The monoisotopic (exact) mass is 360 g/mol. The van der Waals surface area contributed by atoms with Gasteiger partial charge in [0.2, 0.25) is 0 Å². The van der Waals surface area contributed by atoms with Gasteiger partial charge >= 0.3 is 5.97 Å². The molecular weight excluding hydrogens is 332 g/mol. The first-order chi connectivity index (χ1) is 12.5. The summed E-state index contributed by atoms with van der Waals surface area (Å²) in [6.07, 6.45) is 0.356. The number of hydrogen-bond acceptors (Lipinski definition) is 6. The Kier molecular flexibility index (Phi) is 5.78. The molecule has 1 saturated heterocycles. The van der Waals surface area contributed by atoms with Crippen LogP contribution in [0.2, 0.25) is 0 Å². The molecule has 0 saturated carbocycles. The van der Waals surface area contributed by atoms with Gasteiger partial charge in [-0.3, -0.25) is 4.79 Å². The third-order valence-corrected chi connectivity index (χ3v) is 4.54. The predicted octanol–water partition coefficient (Wildman–Crippen LogP) is 1.82. The number of ether oxygens (including phenoxy) is 2. The Labute approximate surface area is 154 Å². The predicted molar refractivity (Wildman–Crippen MR) is 102 cm³/mol. The number of morpholine rings is 1. The van der Waals surface area contributed by atoms with Gasteiger partial charge in [-0.15, -0.1) is 0 Å². The molecule has 3 rings (SSSR count). The van der Waals surface area contributed by atoms with Gasteiger partial charge < -0.3 is 24.3 Å². The van der Waals surface area contributed by atoms with Gasteiger partial charge in [-0.2, -0.15) is 0 Å². The molecule has 7 nitrogen and oxygen atoms in total. The minimum Gasteiger partial charge on any atom is -0.466 e. The lowest BCUT2D eigenvalue weighted by molar-refractivity contribution is -0.142. The largest absolute Gasteiger partial charge is 0.466 e. The van der Waals surface area contributed by atoms with Crippen molar-refractivity contribution in [1.82, 2.24) is 14.9 Å². The van der Waals surface area contributed by atoms with E-state index in [9.17, 15) is 4.79 Å². The number of aromatic nitrogens is 2. The van der Waals surface area contributed by atoms with Crippen LogP contribution in [0.3, 0.4) is 0 Å². The molecule has 7 heteroatoms. The Hall–Kier alpha value is -2.12. The van der Waals surface area contributed by atoms with Crippen LogP contribution in [0, 0.1) is 0 Å². The standard InChI is InChI=1S/C19H28N4O3/c1-5-25-19(24)9-18-20-16-7-6-14(8-17(16)21-18)23-11-15(10-22(3)4)26-12-13(23)2/h6-8,13,15H,5,9-12H2,1-4H3,(H,20,21). The summed E-state index contributed by atoms with van der Waals surface area (Å²) in [4.78, 5) is 23.9. The van der Waals surface area contributed by atoms with Crippen molar-refractivity contribution in [3.63, 3.8) is 0 Å². The second kappa shape index (κ2) is 8.05. The zero-order valence-corrected chi connectivity index (χ0v) is 16.0. The second-order valence-electron chi connectivity index (χ2n) is 7.09. The summed E-state index contributed by atoms with van der Waals surface area (Å²) in [5.74, 6) is 0.371. The van der Waals surface area contributed by atoms with Crippen LogP contribution < -0.4 is 4.90 Å². The maximum absolute atomic E-state index is 11.7. The summed E-state index contributed by atoms with van der Waals surface area (Å²) < 4.78 is 10.9. The lowest BCUT2D eigenvalue weighted by Crippen LogP contribution is -2.51. The molecule has 0 spiro atoms. The fourth-order valence-electron chi connectivity index (χ4n) is 3.36. The number of nitrogens with one attached hydrogen (secondary N) is 1. The second-order valence-corrected chi connectivity index (χ2v) is 7.09. The van der Waals surface area contributed by atoms with Crippen molar-refractivity contribution in [2.75, 3.05) is 45.3 Å². The van der Waals surface area contributed by atoms with Crippen molar-refractivity contribution in [2.45, 2.75) is 32.4 Å². The van der Waals surface area contributed by atoms with E-state index in [0.29, 0.717) is 25.1 Å². The summed E-state index contributed by atoms with van der Waals surface area (Å²) in [6, 6.07) is 6.50. The molecule has 2 aromatic rings. The van der Waals surface area contributed by atoms with E-state index in [4.69, 9.17) is 9.47 Å². The van der Waals surface area contributed by atoms with Crippen LogP contribution in [-0.2, 0) is 20.7 Å². The van der Waals surface area contributed by atoms with Gasteiger partial charge in [-0.1, -0.05) is 0 Å². The number of rotatable bonds is 6. The summed E-state index contributed by atoms with van der Waals surface area (Å²) in [5, 5.41) is 0. The number of carbonyl (C=O) groups excluding carboxylic acids is 1. The van der Waals surface area contributed by atoms with Crippen LogP contribution >= 0.6 is 0 Å². The number of nitrogens with zero attached hydrogens (tertiary/aromatic N) is 3. The SMILES string of the molecule is CCOC(=O)Cc1nc2ccc(N3CC(CN(C)C)OCC3C)cc2[nH]1. The van der Waals surface area contributed by atoms with Gasteiger partial charge in [-0.25, -0.2) is 4.98 Å². The van der Waals surface area contributed by atoms with Crippen LogP contribution in [-0.4, -0.2) is 73.4 Å². The molecule has 1 aromatic carbocycles. The van der Waals surface area contributed by atoms with Crippen molar-refractivity contribution in [1.29, 1.82) is 0 Å². The Morgan fingerprint density at radius 3 is 3.00 bits per heavy atom. The number of fused-ring (bicyclic) bond motifs is 1. The van der Waals surface area contributed by atoms with Gasteiger partial charge in [-0.05, 0) is 46.1 Å². The minimum atomic E-state index is -0.264. The van der Waals surface area contributed by atoms with Crippen LogP contribution in [0.4, 0.5) is 5.69 Å². The number of H-pyrrole nitrogens is 1. The van der Waals surface area contributed by atoms with Crippen LogP contribution in [0.25, 0.3) is 11.0 Å². The number of hydrogen-bond donors (Lipinski definition) is 1. The molecule has 1 N–H and O–H groups in total. The highest BCUT2D eigenvalue weighted by atomic mass is 16.5. The summed E-state index contributed by atoms with van der Waals surface area (Å²) in [5.41, 5.74) is 2.94. The van der Waals surface area contributed by atoms with Crippen molar-refractivity contribution < 1.29 is 14.3 Å². The molecule has 2 heterocycles. The number of likely N-dealkylation sites (N-methyl/N-ethyl adjacent to an activating group) is 1. The van der Waals surface area contributed by atoms with Crippen molar-refractivity contribution >= 4 is 22.7 Å². The van der Waals surface area contributed by atoms with Gasteiger partial charge in [0, 0.05) is 24.8 Å². The van der Waals surface area contributed by atoms with Crippen molar-refractivity contribution in [3.05, 3.63) is 24.0 Å². The summed E-state index contributed by atoms with van der Waals surface area (Å²) >= 11 is 0. The zero-order chi connectivity index (χ0) is 18.7. The number of benzene rings is 1. The van der Waals surface area contributed by atoms with Crippen LogP contribution in [0.15, 0.2) is 18.2 Å². The Balaban J connectivity index is 1.78. The molecule has 0 bridgehead atoms. The fraction of sp³-hybridized carbons (Fsp3) is 0.579. The molecule has 1 aliphatic rings. The Bertz CT molecular complexity index is 758. The third kappa shape index (κ3) is 4.34. The normalized spacial score (nSPS) is 20.7. The highest BCUT2D eigenvalue weighted by molar-refractivity contribution is 5.81. The average Bonchev–Trinajstić information content (AvgIpc) is 2.97. The first-order valence-electron chi connectivity index (χ1n) is 9.13. The molecule has 0 radical (unpaired) electrons. The quantitative estimate of drug-likeness (QED) is 0.793. The van der Waals surface area contributed by atoms with E-state index >= 15 is 0 Å². The molecule has 1 fully saturated rings. The van der Waals surface area contributed by atoms with Crippen LogP contribution in [0.1, 0.15) is 19.7 Å². The molecule has 2 unspecified atom stereocenters.